The molecule has 1 atom stereocenters. The van der Waals surface area contributed by atoms with Crippen molar-refractivity contribution in [2.75, 3.05) is 6.61 Å². The molecule has 224 valence electrons. The molecule has 0 fully saturated rings. The van der Waals surface area contributed by atoms with Crippen molar-refractivity contribution < 1.29 is 28.1 Å². The fraction of sp³-hybridized carbons (Fsp3) is 0.222. The van der Waals surface area contributed by atoms with Crippen LogP contribution in [-0.4, -0.2) is 12.6 Å². The van der Waals surface area contributed by atoms with Crippen molar-refractivity contribution in [2.24, 2.45) is 5.73 Å². The Morgan fingerprint density at radius 2 is 1.73 bits per heavy atom. The summed E-state index contributed by atoms with van der Waals surface area (Å²) in [6.45, 7) is 8.54. The number of nitriles is 1. The van der Waals surface area contributed by atoms with Gasteiger partial charge in [-0.2, -0.15) is 5.26 Å². The lowest BCUT2D eigenvalue weighted by molar-refractivity contribution is 0.0734. The molecular formula is C36H33FN2O5. The molecule has 0 bridgehead atoms. The second-order valence-electron chi connectivity index (χ2n) is 11.4. The Morgan fingerprint density at radius 3 is 2.41 bits per heavy atom. The van der Waals surface area contributed by atoms with E-state index in [9.17, 15) is 14.4 Å². The molecule has 7 nitrogen and oxygen atoms in total. The molecule has 4 aromatic carbocycles. The first kappa shape index (κ1) is 30.2. The van der Waals surface area contributed by atoms with E-state index >= 15 is 0 Å². The molecule has 5 rings (SSSR count). The zero-order valence-corrected chi connectivity index (χ0v) is 25.0. The molecule has 4 aromatic rings. The third-order valence-corrected chi connectivity index (χ3v) is 7.33. The van der Waals surface area contributed by atoms with Gasteiger partial charge in [0.05, 0.1) is 18.1 Å². The van der Waals surface area contributed by atoms with Gasteiger partial charge < -0.3 is 24.7 Å². The van der Waals surface area contributed by atoms with Crippen LogP contribution in [0.15, 0.2) is 96.4 Å². The number of hydrogen-bond donors (Lipinski definition) is 1. The first-order chi connectivity index (χ1) is 21.1. The van der Waals surface area contributed by atoms with Crippen LogP contribution in [-0.2, 0) is 12.0 Å². The number of carbonyl (C=O) groups is 1. The summed E-state index contributed by atoms with van der Waals surface area (Å²) in [7, 11) is 0. The summed E-state index contributed by atoms with van der Waals surface area (Å²) in [5.41, 5.74) is 9.71. The highest BCUT2D eigenvalue weighted by atomic mass is 19.1. The molecule has 0 spiro atoms. The Hall–Kier alpha value is -5.29. The Morgan fingerprint density at radius 1 is 0.977 bits per heavy atom. The van der Waals surface area contributed by atoms with E-state index < -0.39 is 11.9 Å². The minimum Gasteiger partial charge on any atom is -0.490 e. The van der Waals surface area contributed by atoms with Crippen molar-refractivity contribution in [3.63, 3.8) is 0 Å². The molecule has 0 saturated carbocycles. The molecule has 0 aromatic heterocycles. The van der Waals surface area contributed by atoms with Crippen LogP contribution in [0.4, 0.5) is 4.39 Å². The zero-order valence-electron chi connectivity index (χ0n) is 25.0. The molecule has 0 saturated heterocycles. The minimum absolute atomic E-state index is 0.0186. The lowest BCUT2D eigenvalue weighted by Gasteiger charge is -2.27. The van der Waals surface area contributed by atoms with Gasteiger partial charge in [-0.15, -0.1) is 0 Å². The van der Waals surface area contributed by atoms with Gasteiger partial charge in [0.15, 0.2) is 11.5 Å². The number of hydrogen-bond acceptors (Lipinski definition) is 7. The molecule has 8 heteroatoms. The summed E-state index contributed by atoms with van der Waals surface area (Å²) in [6, 6.07) is 26.2. The predicted octanol–water partition coefficient (Wildman–Crippen LogP) is 7.54. The quantitative estimate of drug-likeness (QED) is 0.167. The minimum atomic E-state index is -0.585. The Balaban J connectivity index is 1.42. The summed E-state index contributed by atoms with van der Waals surface area (Å²) in [4.78, 5) is 12.9. The first-order valence-electron chi connectivity index (χ1n) is 14.3. The summed E-state index contributed by atoms with van der Waals surface area (Å²) in [5, 5.41) is 10.0. The van der Waals surface area contributed by atoms with E-state index in [1.165, 1.54) is 6.07 Å². The third kappa shape index (κ3) is 6.37. The number of allylic oxidation sites excluding steroid dienone is 1. The van der Waals surface area contributed by atoms with Gasteiger partial charge in [-0.05, 0) is 59.9 Å². The van der Waals surface area contributed by atoms with Crippen LogP contribution in [0.1, 0.15) is 66.2 Å². The highest BCUT2D eigenvalue weighted by molar-refractivity contribution is 5.91. The summed E-state index contributed by atoms with van der Waals surface area (Å²) in [6.07, 6.45) is 0. The highest BCUT2D eigenvalue weighted by Gasteiger charge is 2.32. The van der Waals surface area contributed by atoms with Crippen molar-refractivity contribution in [3.05, 3.63) is 130 Å². The van der Waals surface area contributed by atoms with Crippen molar-refractivity contribution >= 4 is 5.97 Å². The summed E-state index contributed by atoms with van der Waals surface area (Å²) >= 11 is 0. The Kier molecular flexibility index (Phi) is 8.59. The van der Waals surface area contributed by atoms with Gasteiger partial charge in [0.1, 0.15) is 35.6 Å². The maximum atomic E-state index is 14.1. The van der Waals surface area contributed by atoms with Crippen LogP contribution in [0, 0.1) is 17.1 Å². The number of nitrogens with zero attached hydrogens (tertiary/aromatic N) is 1. The van der Waals surface area contributed by atoms with Gasteiger partial charge in [0, 0.05) is 17.2 Å². The second kappa shape index (κ2) is 12.5. The average Bonchev–Trinajstić information content (AvgIpc) is 3.00. The molecule has 0 aliphatic carbocycles. The van der Waals surface area contributed by atoms with E-state index in [2.05, 4.69) is 26.8 Å². The highest BCUT2D eigenvalue weighted by Crippen LogP contribution is 2.45. The van der Waals surface area contributed by atoms with Crippen molar-refractivity contribution in [3.8, 4) is 29.1 Å². The van der Waals surface area contributed by atoms with E-state index in [1.54, 1.807) is 66.7 Å². The monoisotopic (exact) mass is 592 g/mol. The number of rotatable bonds is 8. The number of esters is 1. The molecule has 1 unspecified atom stereocenters. The molecule has 2 N–H and O–H groups in total. The molecule has 0 amide bonds. The number of carbonyl (C=O) groups excluding carboxylic acids is 1. The lowest BCUT2D eigenvalue weighted by Crippen LogP contribution is -2.21. The van der Waals surface area contributed by atoms with Gasteiger partial charge >= 0.3 is 5.97 Å². The van der Waals surface area contributed by atoms with Gasteiger partial charge in [0.2, 0.25) is 5.88 Å². The number of nitrogens with two attached hydrogens (primary N) is 1. The number of fused-ring (bicyclic) bond motifs is 1. The first-order valence-corrected chi connectivity index (χ1v) is 14.3. The number of benzene rings is 4. The van der Waals surface area contributed by atoms with Gasteiger partial charge in [-0.1, -0.05) is 63.2 Å². The summed E-state index contributed by atoms with van der Waals surface area (Å²) in [5.74, 6) is -0.00443. The van der Waals surface area contributed by atoms with E-state index in [0.717, 1.165) is 5.56 Å². The van der Waals surface area contributed by atoms with Crippen LogP contribution in [0.25, 0.3) is 0 Å². The smallest absolute Gasteiger partial charge is 0.343 e. The lowest BCUT2D eigenvalue weighted by atomic mass is 9.83. The normalized spacial score (nSPS) is 14.2. The topological polar surface area (TPSA) is 104 Å². The molecule has 1 aliphatic rings. The molecular weight excluding hydrogens is 559 g/mol. The van der Waals surface area contributed by atoms with Crippen LogP contribution < -0.4 is 24.7 Å². The number of ether oxygens (including phenoxy) is 4. The standard InChI is InChI=1S/C36H33FN2O5/c1-5-41-32-18-23(12-17-30(32)42-21-24-8-6-7-9-29(24)37)33-27-16-15-26(19-31(27)44-34(39)28(33)20-38)43-35(40)22-10-13-25(14-11-22)36(2,3)4/h6-19,33H,5,21,39H2,1-4H3. The van der Waals surface area contributed by atoms with Crippen molar-refractivity contribution in [1.82, 2.24) is 0 Å². The van der Waals surface area contributed by atoms with E-state index in [1.807, 2.05) is 19.1 Å². The van der Waals surface area contributed by atoms with Crippen LogP contribution in [0.5, 0.6) is 23.0 Å². The van der Waals surface area contributed by atoms with Crippen molar-refractivity contribution in [1.29, 1.82) is 5.26 Å². The molecule has 1 aliphatic heterocycles. The average molecular weight is 593 g/mol. The number of halogens is 1. The molecule has 1 heterocycles. The van der Waals surface area contributed by atoms with Gasteiger partial charge in [-0.3, -0.25) is 0 Å². The van der Waals surface area contributed by atoms with Crippen LogP contribution in [0.3, 0.4) is 0 Å². The fourth-order valence-corrected chi connectivity index (χ4v) is 4.98. The van der Waals surface area contributed by atoms with E-state index in [4.69, 9.17) is 24.7 Å². The van der Waals surface area contributed by atoms with E-state index in [-0.39, 0.29) is 35.0 Å². The molecule has 0 radical (unpaired) electrons. The predicted molar refractivity (Wildman–Crippen MR) is 164 cm³/mol. The maximum Gasteiger partial charge on any atom is 0.343 e. The SMILES string of the molecule is CCOc1cc(C2C(C#N)=C(N)Oc3cc(OC(=O)c4ccc(C(C)(C)C)cc4)ccc32)ccc1OCc1ccccc1F. The van der Waals surface area contributed by atoms with Gasteiger partial charge in [0.25, 0.3) is 0 Å². The zero-order chi connectivity index (χ0) is 31.4. The Bertz CT molecular complexity index is 1770. The molecule has 44 heavy (non-hydrogen) atoms. The van der Waals surface area contributed by atoms with Gasteiger partial charge in [-0.25, -0.2) is 9.18 Å². The largest absolute Gasteiger partial charge is 0.490 e. The van der Waals surface area contributed by atoms with Crippen LogP contribution >= 0.6 is 0 Å². The van der Waals surface area contributed by atoms with Crippen LogP contribution in [0.2, 0.25) is 0 Å². The van der Waals surface area contributed by atoms with E-state index in [0.29, 0.717) is 46.1 Å². The second-order valence-corrected chi connectivity index (χ2v) is 11.4. The third-order valence-electron chi connectivity index (χ3n) is 7.33. The summed E-state index contributed by atoms with van der Waals surface area (Å²) < 4.78 is 37.4. The maximum absolute atomic E-state index is 14.1. The van der Waals surface area contributed by atoms with Crippen molar-refractivity contribution in [2.45, 2.75) is 45.6 Å². The Labute approximate surface area is 256 Å². The fourth-order valence-electron chi connectivity index (χ4n) is 4.98.